The van der Waals surface area contributed by atoms with Crippen molar-refractivity contribution in [3.8, 4) is 0 Å². The van der Waals surface area contributed by atoms with Crippen LogP contribution in [-0.4, -0.2) is 5.91 Å². The predicted molar refractivity (Wildman–Crippen MR) is 102 cm³/mol. The van der Waals surface area contributed by atoms with Gasteiger partial charge in [0.2, 0.25) is 0 Å². The van der Waals surface area contributed by atoms with Crippen LogP contribution in [0.15, 0.2) is 83.3 Å². The molecule has 1 N–H and O–H groups in total. The monoisotopic (exact) mass is 379 g/mol. The van der Waals surface area contributed by atoms with Crippen molar-refractivity contribution < 1.29 is 4.79 Å². The zero-order valence-corrected chi connectivity index (χ0v) is 14.8. The predicted octanol–water partition coefficient (Wildman–Crippen LogP) is 5.49. The second-order valence-corrected chi connectivity index (χ2v) is 6.52. The summed E-state index contributed by atoms with van der Waals surface area (Å²) in [6.45, 7) is 0. The molecule has 0 bridgehead atoms. The normalized spacial score (nSPS) is 10.4. The average molecular weight is 380 g/mol. The summed E-state index contributed by atoms with van der Waals surface area (Å²) in [5, 5.41) is 2.96. The maximum atomic E-state index is 12.6. The molecule has 0 atom stereocenters. The van der Waals surface area contributed by atoms with Gasteiger partial charge in [-0.2, -0.15) is 0 Å². The van der Waals surface area contributed by atoms with Gasteiger partial charge in [-0.05, 0) is 54.3 Å². The van der Waals surface area contributed by atoms with Gasteiger partial charge in [0.15, 0.2) is 0 Å². The first-order valence-corrected chi connectivity index (χ1v) is 8.70. The third-order valence-corrected chi connectivity index (χ3v) is 4.42. The first-order chi connectivity index (χ1) is 11.7. The van der Waals surface area contributed by atoms with E-state index < -0.39 is 0 Å². The number of hydrogen-bond donors (Lipinski definition) is 1. The van der Waals surface area contributed by atoms with Gasteiger partial charge in [0.05, 0.1) is 0 Å². The van der Waals surface area contributed by atoms with Gasteiger partial charge >= 0.3 is 0 Å². The number of rotatable bonds is 5. The molecule has 0 heterocycles. The van der Waals surface area contributed by atoms with Gasteiger partial charge in [0, 0.05) is 15.7 Å². The van der Waals surface area contributed by atoms with Crippen LogP contribution < -0.4 is 5.32 Å². The van der Waals surface area contributed by atoms with Crippen LogP contribution in [0.2, 0.25) is 0 Å². The summed E-state index contributed by atoms with van der Waals surface area (Å²) in [7, 11) is 0. The smallest absolute Gasteiger partial charge is 0.255 e. The van der Waals surface area contributed by atoms with Gasteiger partial charge in [0.25, 0.3) is 5.91 Å². The molecule has 0 saturated heterocycles. The number of carbonyl (C=O) groups is 1. The zero-order valence-electron chi connectivity index (χ0n) is 13.2. The van der Waals surface area contributed by atoms with Crippen LogP contribution in [0, 0.1) is 0 Å². The first-order valence-electron chi connectivity index (χ1n) is 7.91. The molecule has 0 aliphatic carbocycles. The minimum absolute atomic E-state index is 0.0685. The van der Waals surface area contributed by atoms with E-state index in [4.69, 9.17) is 0 Å². The Morgan fingerprint density at radius 2 is 1.46 bits per heavy atom. The lowest BCUT2D eigenvalue weighted by Crippen LogP contribution is -2.14. The van der Waals surface area contributed by atoms with Crippen LogP contribution in [0.5, 0.6) is 0 Å². The average Bonchev–Trinajstić information content (AvgIpc) is 2.63. The van der Waals surface area contributed by atoms with Crippen LogP contribution in [-0.2, 0) is 12.8 Å². The van der Waals surface area contributed by atoms with Crippen LogP contribution in [0.3, 0.4) is 0 Å². The van der Waals surface area contributed by atoms with Gasteiger partial charge in [0.1, 0.15) is 0 Å². The van der Waals surface area contributed by atoms with Crippen molar-refractivity contribution in [2.24, 2.45) is 0 Å². The summed E-state index contributed by atoms with van der Waals surface area (Å²) >= 11 is 3.40. The Hall–Kier alpha value is -2.39. The van der Waals surface area contributed by atoms with E-state index in [1.54, 1.807) is 0 Å². The molecule has 0 spiro atoms. The van der Waals surface area contributed by atoms with Gasteiger partial charge in [-0.3, -0.25) is 4.79 Å². The molecule has 24 heavy (non-hydrogen) atoms. The fourth-order valence-corrected chi connectivity index (χ4v) is 2.88. The van der Waals surface area contributed by atoms with Gasteiger partial charge < -0.3 is 5.32 Å². The minimum atomic E-state index is -0.0685. The van der Waals surface area contributed by atoms with E-state index in [0.717, 1.165) is 34.1 Å². The third kappa shape index (κ3) is 4.33. The molecule has 0 aliphatic heterocycles. The molecule has 0 aliphatic rings. The van der Waals surface area contributed by atoms with Crippen molar-refractivity contribution in [1.29, 1.82) is 0 Å². The topological polar surface area (TPSA) is 29.1 Å². The van der Waals surface area contributed by atoms with Crippen molar-refractivity contribution in [1.82, 2.24) is 0 Å². The molecule has 3 heteroatoms. The van der Waals surface area contributed by atoms with E-state index in [2.05, 4.69) is 33.4 Å². The summed E-state index contributed by atoms with van der Waals surface area (Å²) in [5.41, 5.74) is 3.87. The minimum Gasteiger partial charge on any atom is -0.322 e. The van der Waals surface area contributed by atoms with Crippen molar-refractivity contribution in [3.63, 3.8) is 0 Å². The molecule has 0 aromatic heterocycles. The Balaban J connectivity index is 1.73. The van der Waals surface area contributed by atoms with E-state index >= 15 is 0 Å². The zero-order chi connectivity index (χ0) is 16.8. The molecule has 0 fully saturated rings. The molecule has 120 valence electrons. The maximum absolute atomic E-state index is 12.6. The largest absolute Gasteiger partial charge is 0.322 e. The van der Waals surface area contributed by atoms with E-state index in [0.29, 0.717) is 0 Å². The van der Waals surface area contributed by atoms with Gasteiger partial charge in [-0.15, -0.1) is 0 Å². The van der Waals surface area contributed by atoms with Crippen molar-refractivity contribution in [3.05, 3.63) is 100 Å². The number of amides is 1. The van der Waals surface area contributed by atoms with Gasteiger partial charge in [-0.1, -0.05) is 64.5 Å². The number of aryl methyl sites for hydroxylation is 2. The van der Waals surface area contributed by atoms with E-state index in [1.165, 1.54) is 5.56 Å². The highest BCUT2D eigenvalue weighted by atomic mass is 79.9. The molecule has 0 saturated carbocycles. The summed E-state index contributed by atoms with van der Waals surface area (Å²) in [6, 6.07) is 25.7. The highest BCUT2D eigenvalue weighted by Gasteiger charge is 2.11. The van der Waals surface area contributed by atoms with E-state index in [1.807, 2.05) is 66.7 Å². The number of nitrogens with one attached hydrogen (secondary N) is 1. The van der Waals surface area contributed by atoms with E-state index in [-0.39, 0.29) is 5.91 Å². The lowest BCUT2D eigenvalue weighted by molar-refractivity contribution is 0.102. The number of halogens is 1. The Labute approximate surface area is 150 Å². The highest BCUT2D eigenvalue weighted by molar-refractivity contribution is 9.10. The molecule has 2 nitrogen and oxygen atoms in total. The first kappa shape index (κ1) is 16.5. The Bertz CT molecular complexity index is 813. The maximum Gasteiger partial charge on any atom is 0.255 e. The summed E-state index contributed by atoms with van der Waals surface area (Å²) < 4.78 is 0.990. The standard InChI is InChI=1S/C21H18BrNO/c22-18-12-14-19(15-13-18)23-21(24)20-9-5-4-8-17(20)11-10-16-6-2-1-3-7-16/h1-9,12-15H,10-11H2,(H,23,24). The Morgan fingerprint density at radius 1 is 0.792 bits per heavy atom. The molecule has 3 aromatic carbocycles. The summed E-state index contributed by atoms with van der Waals surface area (Å²) in [4.78, 5) is 12.6. The Morgan fingerprint density at radius 3 is 2.21 bits per heavy atom. The number of benzene rings is 3. The van der Waals surface area contributed by atoms with Crippen molar-refractivity contribution >= 4 is 27.5 Å². The van der Waals surface area contributed by atoms with Crippen LogP contribution in [0.4, 0.5) is 5.69 Å². The SMILES string of the molecule is O=C(Nc1ccc(Br)cc1)c1ccccc1CCc1ccccc1. The second kappa shape index (κ2) is 7.93. The van der Waals surface area contributed by atoms with Crippen LogP contribution >= 0.6 is 15.9 Å². The fourth-order valence-electron chi connectivity index (χ4n) is 2.62. The Kier molecular flexibility index (Phi) is 5.44. The number of carbonyl (C=O) groups excluding carboxylic acids is 1. The molecule has 0 radical (unpaired) electrons. The lowest BCUT2D eigenvalue weighted by atomic mass is 9.99. The van der Waals surface area contributed by atoms with Gasteiger partial charge in [-0.25, -0.2) is 0 Å². The van der Waals surface area contributed by atoms with E-state index in [9.17, 15) is 4.79 Å². The number of hydrogen-bond acceptors (Lipinski definition) is 1. The van der Waals surface area contributed by atoms with Crippen molar-refractivity contribution in [2.45, 2.75) is 12.8 Å². The molecule has 0 unspecified atom stereocenters. The van der Waals surface area contributed by atoms with Crippen molar-refractivity contribution in [2.75, 3.05) is 5.32 Å². The summed E-state index contributed by atoms with van der Waals surface area (Å²) in [6.07, 6.45) is 1.76. The second-order valence-electron chi connectivity index (χ2n) is 5.60. The quantitative estimate of drug-likeness (QED) is 0.623. The third-order valence-electron chi connectivity index (χ3n) is 3.89. The number of anilines is 1. The summed E-state index contributed by atoms with van der Waals surface area (Å²) in [5.74, 6) is -0.0685. The molecule has 1 amide bonds. The van der Waals surface area contributed by atoms with Crippen LogP contribution in [0.1, 0.15) is 21.5 Å². The fraction of sp³-hybridized carbons (Fsp3) is 0.0952. The highest BCUT2D eigenvalue weighted by Crippen LogP contribution is 2.17. The molecular weight excluding hydrogens is 362 g/mol. The van der Waals surface area contributed by atoms with Crippen LogP contribution in [0.25, 0.3) is 0 Å². The lowest BCUT2D eigenvalue weighted by Gasteiger charge is -2.10. The molecule has 3 rings (SSSR count). The molecular formula is C21H18BrNO. The molecule has 3 aromatic rings.